The molecule has 1 unspecified atom stereocenters. The van der Waals surface area contributed by atoms with Crippen molar-refractivity contribution < 1.29 is 9.21 Å². The molecule has 4 heteroatoms. The molecule has 0 aliphatic rings. The summed E-state index contributed by atoms with van der Waals surface area (Å²) < 4.78 is 4.86. The van der Waals surface area contributed by atoms with Crippen molar-refractivity contribution in [2.24, 2.45) is 0 Å². The van der Waals surface area contributed by atoms with Crippen LogP contribution in [0.15, 0.2) is 47.3 Å². The van der Waals surface area contributed by atoms with E-state index < -0.39 is 0 Å². The zero-order chi connectivity index (χ0) is 12.3. The van der Waals surface area contributed by atoms with Gasteiger partial charge in [-0.05, 0) is 24.6 Å². The largest absolute Gasteiger partial charge is 0.472 e. The average Bonchev–Trinajstić information content (AvgIpc) is 2.83. The van der Waals surface area contributed by atoms with Crippen LogP contribution < -0.4 is 5.32 Å². The fourth-order valence-corrected chi connectivity index (χ4v) is 1.74. The van der Waals surface area contributed by atoms with Gasteiger partial charge in [-0.1, -0.05) is 18.2 Å². The van der Waals surface area contributed by atoms with Gasteiger partial charge in [0.2, 0.25) is 0 Å². The molecule has 1 aromatic carbocycles. The van der Waals surface area contributed by atoms with Crippen molar-refractivity contribution in [3.05, 3.63) is 54.0 Å². The zero-order valence-electron chi connectivity index (χ0n) is 9.31. The number of carbonyl (C=O) groups excluding carboxylic acids is 1. The molecule has 1 heterocycles. The van der Waals surface area contributed by atoms with Crippen LogP contribution in [0.25, 0.3) is 0 Å². The van der Waals surface area contributed by atoms with E-state index in [0.717, 1.165) is 11.3 Å². The Morgan fingerprint density at radius 3 is 2.76 bits per heavy atom. The number of hydrogen-bond donors (Lipinski definition) is 1. The molecule has 0 spiro atoms. The van der Waals surface area contributed by atoms with E-state index >= 15 is 0 Å². The number of rotatable bonds is 3. The first-order valence-corrected chi connectivity index (χ1v) is 5.68. The first kappa shape index (κ1) is 11.7. The lowest BCUT2D eigenvalue weighted by molar-refractivity contribution is 0.102. The van der Waals surface area contributed by atoms with Crippen molar-refractivity contribution in [1.29, 1.82) is 0 Å². The Hall–Kier alpha value is -1.74. The van der Waals surface area contributed by atoms with E-state index in [9.17, 15) is 4.79 Å². The van der Waals surface area contributed by atoms with E-state index in [1.165, 1.54) is 12.5 Å². The minimum absolute atomic E-state index is 0.157. The number of carbonyl (C=O) groups is 1. The second-order valence-electron chi connectivity index (χ2n) is 3.67. The molecule has 17 heavy (non-hydrogen) atoms. The molecule has 2 aromatic rings. The highest BCUT2D eigenvalue weighted by molar-refractivity contribution is 6.21. The van der Waals surface area contributed by atoms with Gasteiger partial charge in [-0.3, -0.25) is 4.79 Å². The maximum absolute atomic E-state index is 11.8. The number of amides is 1. The van der Waals surface area contributed by atoms with Gasteiger partial charge in [0.05, 0.1) is 17.2 Å². The summed E-state index contributed by atoms with van der Waals surface area (Å²) in [6.07, 6.45) is 2.87. The van der Waals surface area contributed by atoms with Crippen molar-refractivity contribution in [2.45, 2.75) is 12.3 Å². The molecule has 1 aromatic heterocycles. The molecule has 2 rings (SSSR count). The molecule has 0 radical (unpaired) electrons. The number of furan rings is 1. The van der Waals surface area contributed by atoms with Gasteiger partial charge < -0.3 is 9.73 Å². The number of benzene rings is 1. The Kier molecular flexibility index (Phi) is 3.49. The van der Waals surface area contributed by atoms with Crippen LogP contribution in [0.4, 0.5) is 5.69 Å². The molecule has 0 saturated heterocycles. The molecule has 0 fully saturated rings. The summed E-state index contributed by atoms with van der Waals surface area (Å²) in [4.78, 5) is 11.8. The molecule has 88 valence electrons. The van der Waals surface area contributed by atoms with Gasteiger partial charge in [0, 0.05) is 5.69 Å². The summed E-state index contributed by atoms with van der Waals surface area (Å²) in [5.41, 5.74) is 2.11. The molecular formula is C13H12ClNO2. The molecule has 0 aliphatic heterocycles. The monoisotopic (exact) mass is 249 g/mol. The van der Waals surface area contributed by atoms with Crippen molar-refractivity contribution in [3.63, 3.8) is 0 Å². The molecular weight excluding hydrogens is 238 g/mol. The predicted octanol–water partition coefficient (Wildman–Crippen LogP) is 3.83. The summed E-state index contributed by atoms with van der Waals surface area (Å²) in [5, 5.41) is 2.65. The van der Waals surface area contributed by atoms with Gasteiger partial charge >= 0.3 is 0 Å². The second-order valence-corrected chi connectivity index (χ2v) is 4.32. The third-order valence-electron chi connectivity index (χ3n) is 2.42. The number of anilines is 1. The minimum Gasteiger partial charge on any atom is -0.472 e. The van der Waals surface area contributed by atoms with Gasteiger partial charge in [-0.2, -0.15) is 0 Å². The van der Waals surface area contributed by atoms with E-state index in [1.54, 1.807) is 6.07 Å². The quantitative estimate of drug-likeness (QED) is 0.840. The minimum atomic E-state index is -0.205. The fourth-order valence-electron chi connectivity index (χ4n) is 1.55. The molecule has 1 amide bonds. The third-order valence-corrected chi connectivity index (χ3v) is 2.66. The van der Waals surface area contributed by atoms with Crippen LogP contribution in [0.5, 0.6) is 0 Å². The van der Waals surface area contributed by atoms with Gasteiger partial charge in [-0.15, -0.1) is 11.6 Å². The maximum Gasteiger partial charge on any atom is 0.258 e. The predicted molar refractivity (Wildman–Crippen MR) is 67.4 cm³/mol. The Labute approximate surface area is 104 Å². The lowest BCUT2D eigenvalue weighted by Crippen LogP contribution is -2.12. The topological polar surface area (TPSA) is 42.2 Å². The third kappa shape index (κ3) is 2.68. The van der Waals surface area contributed by atoms with Crippen LogP contribution in [-0.4, -0.2) is 5.91 Å². The molecule has 0 aliphatic carbocycles. The van der Waals surface area contributed by atoms with Crippen molar-refractivity contribution in [2.75, 3.05) is 5.32 Å². The Morgan fingerprint density at radius 1 is 1.35 bits per heavy atom. The lowest BCUT2D eigenvalue weighted by atomic mass is 10.1. The fraction of sp³-hybridized carbons (Fsp3) is 0.154. The van der Waals surface area contributed by atoms with Gasteiger partial charge in [0.25, 0.3) is 5.91 Å². The molecule has 1 atom stereocenters. The molecule has 0 bridgehead atoms. The van der Waals surface area contributed by atoms with Gasteiger partial charge in [-0.25, -0.2) is 0 Å². The summed E-state index contributed by atoms with van der Waals surface area (Å²) in [5.74, 6) is -0.205. The highest BCUT2D eigenvalue weighted by Gasteiger charge is 2.12. The summed E-state index contributed by atoms with van der Waals surface area (Å²) in [7, 11) is 0. The van der Waals surface area contributed by atoms with Gasteiger partial charge in [0.1, 0.15) is 6.26 Å². The number of alkyl halides is 1. The molecule has 3 nitrogen and oxygen atoms in total. The smallest absolute Gasteiger partial charge is 0.258 e. The first-order chi connectivity index (χ1) is 8.18. The van der Waals surface area contributed by atoms with E-state index in [4.69, 9.17) is 16.0 Å². The van der Waals surface area contributed by atoms with Crippen molar-refractivity contribution in [3.8, 4) is 0 Å². The van der Waals surface area contributed by atoms with Crippen LogP contribution in [0, 0.1) is 0 Å². The van der Waals surface area contributed by atoms with E-state index in [2.05, 4.69) is 5.32 Å². The summed E-state index contributed by atoms with van der Waals surface area (Å²) in [6.45, 7) is 1.87. The van der Waals surface area contributed by atoms with E-state index in [1.807, 2.05) is 31.2 Å². The highest BCUT2D eigenvalue weighted by Crippen LogP contribution is 2.27. The number of hydrogen-bond acceptors (Lipinski definition) is 2. The summed E-state index contributed by atoms with van der Waals surface area (Å²) >= 11 is 6.05. The molecule has 1 N–H and O–H groups in total. The summed E-state index contributed by atoms with van der Waals surface area (Å²) in [6, 6.07) is 9.08. The van der Waals surface area contributed by atoms with Crippen LogP contribution in [-0.2, 0) is 0 Å². The Bertz CT molecular complexity index is 506. The SMILES string of the molecule is CC(Cl)c1ccccc1NC(=O)c1ccoc1. The number of para-hydroxylation sites is 1. The van der Waals surface area contributed by atoms with Crippen molar-refractivity contribution >= 4 is 23.2 Å². The number of nitrogens with one attached hydrogen (secondary N) is 1. The zero-order valence-corrected chi connectivity index (χ0v) is 10.1. The van der Waals surface area contributed by atoms with Gasteiger partial charge in [0.15, 0.2) is 0 Å². The second kappa shape index (κ2) is 5.06. The van der Waals surface area contributed by atoms with Crippen molar-refractivity contribution in [1.82, 2.24) is 0 Å². The standard InChI is InChI=1S/C13H12ClNO2/c1-9(14)11-4-2-3-5-12(11)15-13(16)10-6-7-17-8-10/h2-9H,1H3,(H,15,16). The Balaban J connectivity index is 2.22. The lowest BCUT2D eigenvalue weighted by Gasteiger charge is -2.11. The van der Waals surface area contributed by atoms with E-state index in [-0.39, 0.29) is 11.3 Å². The van der Waals surface area contributed by atoms with E-state index in [0.29, 0.717) is 5.56 Å². The van der Waals surface area contributed by atoms with Crippen LogP contribution in [0.2, 0.25) is 0 Å². The normalized spacial score (nSPS) is 12.1. The average molecular weight is 250 g/mol. The highest BCUT2D eigenvalue weighted by atomic mass is 35.5. The Morgan fingerprint density at radius 2 is 2.12 bits per heavy atom. The first-order valence-electron chi connectivity index (χ1n) is 5.25. The van der Waals surface area contributed by atoms with Crippen LogP contribution in [0.3, 0.4) is 0 Å². The number of halogens is 1. The van der Waals surface area contributed by atoms with Crippen LogP contribution >= 0.6 is 11.6 Å². The maximum atomic E-state index is 11.8. The van der Waals surface area contributed by atoms with Crippen LogP contribution in [0.1, 0.15) is 28.2 Å². The molecule has 0 saturated carbocycles.